The molecule has 2 aliphatic rings. The van der Waals surface area contributed by atoms with E-state index in [1.54, 1.807) is 19.9 Å². The number of benzene rings is 1. The van der Waals surface area contributed by atoms with Gasteiger partial charge in [-0.15, -0.1) is 0 Å². The summed E-state index contributed by atoms with van der Waals surface area (Å²) in [4.78, 5) is 52.0. The first kappa shape index (κ1) is 23.1. The van der Waals surface area contributed by atoms with Crippen molar-refractivity contribution in [2.24, 2.45) is 0 Å². The van der Waals surface area contributed by atoms with Crippen LogP contribution in [0.2, 0.25) is 0 Å². The summed E-state index contributed by atoms with van der Waals surface area (Å²) in [7, 11) is 0. The molecule has 2 atom stereocenters. The molecule has 0 spiro atoms. The SMILES string of the molecule is CCOC(=O)C1=C(COC(=O)[C@@H]2Cc3ccccc3CN2C(=O)c2ccco2)NC(=O)NC1C. The molecule has 1 aromatic carbocycles. The summed E-state index contributed by atoms with van der Waals surface area (Å²) in [6.45, 7) is 3.31. The van der Waals surface area contributed by atoms with Crippen molar-refractivity contribution in [2.45, 2.75) is 38.9 Å². The number of hydrogen-bond acceptors (Lipinski definition) is 7. The molecule has 34 heavy (non-hydrogen) atoms. The number of rotatable bonds is 6. The number of amides is 3. The number of hydrogen-bond donors (Lipinski definition) is 2. The molecule has 178 valence electrons. The predicted octanol–water partition coefficient (Wildman–Crippen LogP) is 1.91. The first-order valence-electron chi connectivity index (χ1n) is 10.9. The zero-order chi connectivity index (χ0) is 24.2. The molecular weight excluding hydrogens is 442 g/mol. The standard InChI is InChI=1S/C24H25N3O7/c1-3-32-23(30)20-14(2)25-24(31)26-17(20)13-34-22(29)18-11-15-7-4-5-8-16(15)12-27(18)21(28)19-9-6-10-33-19/h4-10,14,18H,3,11-13H2,1-2H3,(H2,25,26,31)/t14?,18-/m0/s1. The first-order valence-corrected chi connectivity index (χ1v) is 10.9. The second-order valence-corrected chi connectivity index (χ2v) is 7.94. The largest absolute Gasteiger partial charge is 0.463 e. The number of esters is 2. The normalized spacial score (nSPS) is 19.6. The third kappa shape index (κ3) is 4.66. The van der Waals surface area contributed by atoms with Crippen LogP contribution in [0.1, 0.15) is 35.5 Å². The Morgan fingerprint density at radius 2 is 1.88 bits per heavy atom. The van der Waals surface area contributed by atoms with Crippen molar-refractivity contribution >= 4 is 23.9 Å². The maximum absolute atomic E-state index is 13.2. The van der Waals surface area contributed by atoms with Gasteiger partial charge in [0.1, 0.15) is 12.6 Å². The molecule has 0 aliphatic carbocycles. The van der Waals surface area contributed by atoms with E-state index < -0.39 is 36.0 Å². The highest BCUT2D eigenvalue weighted by atomic mass is 16.5. The zero-order valence-corrected chi connectivity index (χ0v) is 18.8. The molecule has 0 saturated heterocycles. The van der Waals surface area contributed by atoms with Gasteiger partial charge in [0, 0.05) is 13.0 Å². The van der Waals surface area contributed by atoms with Crippen molar-refractivity contribution in [3.63, 3.8) is 0 Å². The molecule has 2 N–H and O–H groups in total. The highest BCUT2D eigenvalue weighted by molar-refractivity contribution is 5.96. The Bertz CT molecular complexity index is 1140. The summed E-state index contributed by atoms with van der Waals surface area (Å²) in [5.74, 6) is -1.60. The van der Waals surface area contributed by atoms with Crippen molar-refractivity contribution < 1.29 is 33.1 Å². The monoisotopic (exact) mass is 467 g/mol. The van der Waals surface area contributed by atoms with Gasteiger partial charge in [-0.1, -0.05) is 24.3 Å². The van der Waals surface area contributed by atoms with E-state index in [9.17, 15) is 19.2 Å². The van der Waals surface area contributed by atoms with Crippen molar-refractivity contribution in [3.8, 4) is 0 Å². The number of carbonyl (C=O) groups excluding carboxylic acids is 4. The number of fused-ring (bicyclic) bond motifs is 1. The van der Waals surface area contributed by atoms with Crippen molar-refractivity contribution in [1.29, 1.82) is 0 Å². The lowest BCUT2D eigenvalue weighted by Crippen LogP contribution is -2.51. The Morgan fingerprint density at radius 3 is 2.59 bits per heavy atom. The molecule has 10 heteroatoms. The van der Waals surface area contributed by atoms with Gasteiger partial charge in [-0.2, -0.15) is 0 Å². The van der Waals surface area contributed by atoms with Crippen LogP contribution in [0.25, 0.3) is 0 Å². The summed E-state index contributed by atoms with van der Waals surface area (Å²) >= 11 is 0. The van der Waals surface area contributed by atoms with E-state index in [-0.39, 0.29) is 43.2 Å². The first-order chi connectivity index (χ1) is 16.4. The number of urea groups is 1. The molecule has 0 fully saturated rings. The minimum Gasteiger partial charge on any atom is -0.463 e. The molecule has 3 amide bonds. The highest BCUT2D eigenvalue weighted by Crippen LogP contribution is 2.26. The van der Waals surface area contributed by atoms with Crippen LogP contribution in [0.5, 0.6) is 0 Å². The van der Waals surface area contributed by atoms with Crippen LogP contribution in [-0.2, 0) is 32.0 Å². The minimum absolute atomic E-state index is 0.115. The number of ether oxygens (including phenoxy) is 2. The molecule has 3 heterocycles. The van der Waals surface area contributed by atoms with E-state index in [2.05, 4.69) is 10.6 Å². The van der Waals surface area contributed by atoms with E-state index in [0.717, 1.165) is 11.1 Å². The zero-order valence-electron chi connectivity index (χ0n) is 18.8. The fourth-order valence-corrected chi connectivity index (χ4v) is 4.12. The van der Waals surface area contributed by atoms with Gasteiger partial charge in [-0.25, -0.2) is 14.4 Å². The lowest BCUT2D eigenvalue weighted by atomic mass is 9.93. The third-order valence-electron chi connectivity index (χ3n) is 5.74. The van der Waals surface area contributed by atoms with Crippen molar-refractivity contribution in [1.82, 2.24) is 15.5 Å². The van der Waals surface area contributed by atoms with Crippen molar-refractivity contribution in [3.05, 3.63) is 70.8 Å². The van der Waals surface area contributed by atoms with Crippen LogP contribution < -0.4 is 10.6 Å². The van der Waals surface area contributed by atoms with E-state index in [4.69, 9.17) is 13.9 Å². The van der Waals surface area contributed by atoms with Crippen LogP contribution in [0.4, 0.5) is 4.79 Å². The molecule has 0 bridgehead atoms. The van der Waals surface area contributed by atoms with Crippen LogP contribution in [0.3, 0.4) is 0 Å². The Kier molecular flexibility index (Phi) is 6.67. The van der Waals surface area contributed by atoms with Gasteiger partial charge in [0.05, 0.1) is 30.2 Å². The van der Waals surface area contributed by atoms with Gasteiger partial charge in [-0.05, 0) is 37.1 Å². The van der Waals surface area contributed by atoms with Gasteiger partial charge in [0.25, 0.3) is 5.91 Å². The van der Waals surface area contributed by atoms with Gasteiger partial charge in [0.15, 0.2) is 5.76 Å². The van der Waals surface area contributed by atoms with Gasteiger partial charge >= 0.3 is 18.0 Å². The van der Waals surface area contributed by atoms with Gasteiger partial charge in [0.2, 0.25) is 0 Å². The summed E-state index contributed by atoms with van der Waals surface area (Å²) in [5.41, 5.74) is 2.18. The van der Waals surface area contributed by atoms with Crippen LogP contribution >= 0.6 is 0 Å². The summed E-state index contributed by atoms with van der Waals surface area (Å²) in [5, 5.41) is 5.11. The van der Waals surface area contributed by atoms with Gasteiger partial charge in [-0.3, -0.25) is 4.79 Å². The predicted molar refractivity (Wildman–Crippen MR) is 118 cm³/mol. The topological polar surface area (TPSA) is 127 Å². The van der Waals surface area contributed by atoms with E-state index in [1.165, 1.54) is 17.2 Å². The number of nitrogens with one attached hydrogen (secondary N) is 2. The maximum Gasteiger partial charge on any atom is 0.338 e. The second-order valence-electron chi connectivity index (χ2n) is 7.94. The average molecular weight is 467 g/mol. The number of furan rings is 1. The second kappa shape index (κ2) is 9.82. The molecule has 0 saturated carbocycles. The van der Waals surface area contributed by atoms with Crippen LogP contribution in [0.15, 0.2) is 58.3 Å². The Morgan fingerprint density at radius 1 is 1.12 bits per heavy atom. The smallest absolute Gasteiger partial charge is 0.338 e. The van der Waals surface area contributed by atoms with Crippen LogP contribution in [-0.4, -0.2) is 54.1 Å². The van der Waals surface area contributed by atoms with Gasteiger partial charge < -0.3 is 29.4 Å². The lowest BCUT2D eigenvalue weighted by Gasteiger charge is -2.35. The molecule has 2 aliphatic heterocycles. The summed E-state index contributed by atoms with van der Waals surface area (Å²) in [6.07, 6.45) is 1.65. The molecule has 1 unspecified atom stereocenters. The molecule has 2 aromatic rings. The highest BCUT2D eigenvalue weighted by Gasteiger charge is 2.38. The van der Waals surface area contributed by atoms with Crippen molar-refractivity contribution in [2.75, 3.05) is 13.2 Å². The number of carbonyl (C=O) groups is 4. The third-order valence-corrected chi connectivity index (χ3v) is 5.74. The van der Waals surface area contributed by atoms with E-state index >= 15 is 0 Å². The minimum atomic E-state index is -0.908. The summed E-state index contributed by atoms with van der Waals surface area (Å²) < 4.78 is 15.8. The average Bonchev–Trinajstić information content (AvgIpc) is 3.36. The summed E-state index contributed by atoms with van der Waals surface area (Å²) in [6, 6.07) is 8.63. The van der Waals surface area contributed by atoms with E-state index in [0.29, 0.717) is 0 Å². The molecule has 1 aromatic heterocycles. The Hall–Kier alpha value is -4.08. The fourth-order valence-electron chi connectivity index (χ4n) is 4.12. The lowest BCUT2D eigenvalue weighted by molar-refractivity contribution is -0.149. The quantitative estimate of drug-likeness (QED) is 0.621. The van der Waals surface area contributed by atoms with Crippen LogP contribution in [0, 0.1) is 0 Å². The fraction of sp³-hybridized carbons (Fsp3) is 0.333. The Labute approximate surface area is 195 Å². The molecule has 10 nitrogen and oxygen atoms in total. The molecular formula is C24H25N3O7. The molecule has 0 radical (unpaired) electrons. The molecule has 4 rings (SSSR count). The maximum atomic E-state index is 13.2. The van der Waals surface area contributed by atoms with E-state index in [1.807, 2.05) is 24.3 Å². The number of nitrogens with zero attached hydrogens (tertiary/aromatic N) is 1. The Balaban J connectivity index is 1.57.